The van der Waals surface area contributed by atoms with Crippen molar-refractivity contribution in [1.82, 2.24) is 39.7 Å². The van der Waals surface area contributed by atoms with Crippen LogP contribution in [0.2, 0.25) is 0 Å². The second-order valence-corrected chi connectivity index (χ2v) is 10.6. The second-order valence-electron chi connectivity index (χ2n) is 10.6. The van der Waals surface area contributed by atoms with E-state index in [0.717, 1.165) is 53.8 Å². The Morgan fingerprint density at radius 2 is 1.90 bits per heavy atom. The highest BCUT2D eigenvalue weighted by Gasteiger charge is 2.45. The molecule has 7 rings (SSSR count). The minimum Gasteiger partial charge on any atom is -0.496 e. The summed E-state index contributed by atoms with van der Waals surface area (Å²) in [6.07, 6.45) is 8.48. The number of nitrogens with zero attached hydrogens (tertiary/aromatic N) is 7. The van der Waals surface area contributed by atoms with Crippen molar-refractivity contribution in [2.75, 3.05) is 12.8 Å². The Bertz CT molecular complexity index is 1720. The van der Waals surface area contributed by atoms with Gasteiger partial charge >= 0.3 is 0 Å². The average molecular weight is 552 g/mol. The maximum atomic E-state index is 13.1. The standard InChI is InChI=1S/C29H29N9O3/c1-41-25-7-3-16(8-19(25)14-39)23-6-2-17(12-31-23)22-13-34-38-26(30)11-24(35-28(22)38)18-9-20-4-5-21(10-18)37(20)29(40)27-32-15-33-36-27/h2-3,6-8,11-13,15,18,20-21,39H,4-5,9-10,14,30H2,1H3,(H,32,33,36)/t18?,20-,21+. The number of carbonyl (C=O) groups excluding carboxylic acids is 1. The topological polar surface area (TPSA) is 160 Å². The van der Waals surface area contributed by atoms with Crippen LogP contribution in [0.25, 0.3) is 28.0 Å². The van der Waals surface area contributed by atoms with Gasteiger partial charge in [0.15, 0.2) is 5.65 Å². The Morgan fingerprint density at radius 1 is 1.10 bits per heavy atom. The molecule has 1 amide bonds. The molecule has 208 valence electrons. The fourth-order valence-electron chi connectivity index (χ4n) is 6.38. The zero-order valence-electron chi connectivity index (χ0n) is 22.4. The number of H-pyrrole nitrogens is 1. The van der Waals surface area contributed by atoms with Gasteiger partial charge in [-0.1, -0.05) is 6.07 Å². The normalized spacial score (nSPS) is 20.0. The zero-order valence-corrected chi connectivity index (χ0v) is 22.4. The maximum Gasteiger partial charge on any atom is 0.291 e. The van der Waals surface area contributed by atoms with Gasteiger partial charge in [-0.05, 0) is 49.9 Å². The number of nitrogens with two attached hydrogens (primary N) is 1. The van der Waals surface area contributed by atoms with E-state index < -0.39 is 0 Å². The first-order valence-electron chi connectivity index (χ1n) is 13.6. The van der Waals surface area contributed by atoms with Crippen LogP contribution in [0.4, 0.5) is 5.82 Å². The number of carbonyl (C=O) groups is 1. The second kappa shape index (κ2) is 9.97. The summed E-state index contributed by atoms with van der Waals surface area (Å²) in [5.74, 6) is 1.53. The molecule has 0 saturated carbocycles. The number of anilines is 1. The number of methoxy groups -OCH3 is 1. The van der Waals surface area contributed by atoms with Crippen molar-refractivity contribution in [2.45, 2.75) is 50.3 Å². The average Bonchev–Trinajstić information content (AvgIpc) is 3.75. The van der Waals surface area contributed by atoms with Crippen molar-refractivity contribution in [1.29, 1.82) is 0 Å². The number of ether oxygens (including phenoxy) is 1. The number of piperidine rings is 1. The molecule has 12 nitrogen and oxygen atoms in total. The first-order chi connectivity index (χ1) is 20.0. The number of amides is 1. The van der Waals surface area contributed by atoms with Gasteiger partial charge in [0.25, 0.3) is 5.91 Å². The van der Waals surface area contributed by atoms with Crippen LogP contribution in [0.15, 0.2) is 55.1 Å². The molecule has 0 aliphatic carbocycles. The number of rotatable bonds is 6. The predicted molar refractivity (Wildman–Crippen MR) is 150 cm³/mol. The van der Waals surface area contributed by atoms with Crippen molar-refractivity contribution in [3.63, 3.8) is 0 Å². The van der Waals surface area contributed by atoms with Crippen molar-refractivity contribution in [3.8, 4) is 28.1 Å². The smallest absolute Gasteiger partial charge is 0.291 e. The van der Waals surface area contributed by atoms with Gasteiger partial charge in [-0.25, -0.2) is 9.97 Å². The van der Waals surface area contributed by atoms with Gasteiger partial charge in [-0.2, -0.15) is 14.7 Å². The molecule has 3 atom stereocenters. The van der Waals surface area contributed by atoms with Crippen molar-refractivity contribution in [3.05, 3.63) is 72.2 Å². The minimum atomic E-state index is -0.120. The van der Waals surface area contributed by atoms with Crippen LogP contribution in [0.5, 0.6) is 5.75 Å². The van der Waals surface area contributed by atoms with Crippen LogP contribution in [0, 0.1) is 0 Å². The molecule has 2 aliphatic rings. The number of fused-ring (bicyclic) bond motifs is 3. The number of nitrogens with one attached hydrogen (secondary N) is 1. The zero-order chi connectivity index (χ0) is 28.1. The van der Waals surface area contributed by atoms with Crippen LogP contribution in [0.1, 0.15) is 53.5 Å². The van der Waals surface area contributed by atoms with Crippen LogP contribution in [-0.4, -0.2) is 69.9 Å². The van der Waals surface area contributed by atoms with Gasteiger partial charge in [0.2, 0.25) is 5.82 Å². The Morgan fingerprint density at radius 3 is 2.59 bits per heavy atom. The van der Waals surface area contributed by atoms with Crippen molar-refractivity contribution < 1.29 is 14.6 Å². The highest BCUT2D eigenvalue weighted by Crippen LogP contribution is 2.43. The van der Waals surface area contributed by atoms with E-state index in [4.69, 9.17) is 15.5 Å². The summed E-state index contributed by atoms with van der Waals surface area (Å²) in [5.41, 5.74) is 12.1. The molecule has 1 unspecified atom stereocenters. The minimum absolute atomic E-state index is 0.0902. The van der Waals surface area contributed by atoms with Gasteiger partial charge in [-0.3, -0.25) is 14.9 Å². The van der Waals surface area contributed by atoms with E-state index >= 15 is 0 Å². The lowest BCUT2D eigenvalue weighted by Gasteiger charge is -2.38. The van der Waals surface area contributed by atoms with Gasteiger partial charge in [0.05, 0.1) is 25.6 Å². The molecular formula is C29H29N9O3. The lowest BCUT2D eigenvalue weighted by Crippen LogP contribution is -2.46. The Labute approximate surface area is 235 Å². The number of hydrogen-bond donors (Lipinski definition) is 3. The number of hydrogen-bond acceptors (Lipinski definition) is 9. The first kappa shape index (κ1) is 25.1. The summed E-state index contributed by atoms with van der Waals surface area (Å²) >= 11 is 0. The van der Waals surface area contributed by atoms with E-state index in [1.165, 1.54) is 6.33 Å². The van der Waals surface area contributed by atoms with E-state index in [1.54, 1.807) is 24.0 Å². The van der Waals surface area contributed by atoms with E-state index in [-0.39, 0.29) is 36.3 Å². The van der Waals surface area contributed by atoms with Gasteiger partial charge in [-0.15, -0.1) is 0 Å². The third-order valence-corrected chi connectivity index (χ3v) is 8.34. The van der Waals surface area contributed by atoms with E-state index in [0.29, 0.717) is 22.8 Å². The first-order valence-corrected chi connectivity index (χ1v) is 13.6. The van der Waals surface area contributed by atoms with Crippen LogP contribution >= 0.6 is 0 Å². The molecule has 1 aromatic carbocycles. The molecule has 5 aromatic rings. The molecule has 2 saturated heterocycles. The molecule has 41 heavy (non-hydrogen) atoms. The number of benzene rings is 1. The summed E-state index contributed by atoms with van der Waals surface area (Å²) in [7, 11) is 1.58. The summed E-state index contributed by atoms with van der Waals surface area (Å²) in [6, 6.07) is 11.7. The fourth-order valence-corrected chi connectivity index (χ4v) is 6.38. The van der Waals surface area contributed by atoms with E-state index in [2.05, 4.69) is 25.3 Å². The van der Waals surface area contributed by atoms with Gasteiger partial charge in [0, 0.05) is 58.2 Å². The fraction of sp³-hybridized carbons (Fsp3) is 0.310. The van der Waals surface area contributed by atoms with Crippen molar-refractivity contribution >= 4 is 17.4 Å². The van der Waals surface area contributed by atoms with E-state index in [1.807, 2.05) is 41.3 Å². The van der Waals surface area contributed by atoms with E-state index in [9.17, 15) is 9.90 Å². The highest BCUT2D eigenvalue weighted by atomic mass is 16.5. The quantitative estimate of drug-likeness (QED) is 0.288. The Balaban J connectivity index is 1.17. The number of pyridine rings is 1. The summed E-state index contributed by atoms with van der Waals surface area (Å²) in [4.78, 5) is 28.8. The third kappa shape index (κ3) is 4.27. The number of aromatic amines is 1. The highest BCUT2D eigenvalue weighted by molar-refractivity contribution is 5.91. The summed E-state index contributed by atoms with van der Waals surface area (Å²) in [6.45, 7) is -0.120. The molecule has 6 heterocycles. The lowest BCUT2D eigenvalue weighted by molar-refractivity contribution is 0.0557. The molecule has 0 spiro atoms. The van der Waals surface area contributed by atoms with Gasteiger partial charge in [0.1, 0.15) is 17.9 Å². The molecule has 4 aromatic heterocycles. The number of aromatic nitrogens is 7. The third-order valence-electron chi connectivity index (χ3n) is 8.34. The number of aliphatic hydroxyl groups is 1. The maximum absolute atomic E-state index is 13.1. The molecular weight excluding hydrogens is 522 g/mol. The molecule has 0 radical (unpaired) electrons. The van der Waals surface area contributed by atoms with Crippen LogP contribution in [0.3, 0.4) is 0 Å². The predicted octanol–water partition coefficient (Wildman–Crippen LogP) is 3.21. The number of nitrogen functional groups attached to an aromatic ring is 1. The van der Waals surface area contributed by atoms with Gasteiger partial charge < -0.3 is 20.5 Å². The Kier molecular flexibility index (Phi) is 6.11. The van der Waals surface area contributed by atoms with Crippen molar-refractivity contribution in [2.24, 2.45) is 0 Å². The van der Waals surface area contributed by atoms with Crippen LogP contribution in [-0.2, 0) is 6.61 Å². The SMILES string of the molecule is COc1ccc(-c2ccc(-c3cnn4c(N)cc(C5C[C@H]6CC[C@@H](C5)N6C(=O)c5ncn[nH]5)nc34)cn2)cc1CO. The molecule has 12 heteroatoms. The summed E-state index contributed by atoms with van der Waals surface area (Å²) in [5, 5.41) is 20.7. The Hall–Kier alpha value is -4.84. The molecule has 2 aliphatic heterocycles. The monoisotopic (exact) mass is 551 g/mol. The lowest BCUT2D eigenvalue weighted by atomic mass is 9.87. The number of aliphatic hydroxyl groups excluding tert-OH is 1. The molecule has 2 fully saturated rings. The summed E-state index contributed by atoms with van der Waals surface area (Å²) < 4.78 is 6.97. The molecule has 4 N–H and O–H groups in total. The van der Waals surface area contributed by atoms with Crippen LogP contribution < -0.4 is 10.5 Å². The molecule has 2 bridgehead atoms. The largest absolute Gasteiger partial charge is 0.496 e.